The number of methoxy groups -OCH3 is 1. The van der Waals surface area contributed by atoms with Crippen LogP contribution in [0.5, 0.6) is 5.75 Å². The Balaban J connectivity index is 1.44. The molecule has 212 valence electrons. The Hall–Kier alpha value is -3.20. The van der Waals surface area contributed by atoms with Gasteiger partial charge in [-0.3, -0.25) is 0 Å². The Morgan fingerprint density at radius 1 is 0.714 bits per heavy atom. The molecule has 3 aromatic carbocycles. The number of aryl methyl sites for hydroxylation is 3. The van der Waals surface area contributed by atoms with Crippen LogP contribution in [0.25, 0.3) is 53.1 Å². The molecule has 0 fully saturated rings. The minimum absolute atomic E-state index is 0.139. The summed E-state index contributed by atoms with van der Waals surface area (Å²) in [6.45, 7) is 15.1. The molecule has 0 bridgehead atoms. The van der Waals surface area contributed by atoms with Crippen molar-refractivity contribution < 1.29 is 13.5 Å². The minimum atomic E-state index is -0.868. The second-order valence-corrected chi connectivity index (χ2v) is 15.5. The Morgan fingerprint density at radius 2 is 1.33 bits per heavy atom. The van der Waals surface area contributed by atoms with Crippen LogP contribution in [0.1, 0.15) is 66.0 Å². The normalized spacial score (nSPS) is 15.8. The zero-order valence-corrected chi connectivity index (χ0v) is 27.0. The third-order valence-electron chi connectivity index (χ3n) is 9.53. The van der Waals surface area contributed by atoms with Crippen LogP contribution in [0.15, 0.2) is 24.3 Å². The average molecular weight is 615 g/mol. The standard InChI is InChI=1S/C34H28F2N2OS3/c1-13-9-16-17(25-22(13)31-18(33(25,4)5)10-14(2)40-31)11-20(39-8)23-26(16)34(6,7)19-12-21(41-32(19)23)24-28(36)27(35)15(3)29-30(24)38-42-37-29/h9-12H,1-8H3. The summed E-state index contributed by atoms with van der Waals surface area (Å²) in [5, 5.41) is 2.46. The van der Waals surface area contributed by atoms with Crippen LogP contribution in [0, 0.1) is 32.4 Å². The van der Waals surface area contributed by atoms with Crippen molar-refractivity contribution in [1.82, 2.24) is 8.75 Å². The lowest BCUT2D eigenvalue weighted by Gasteiger charge is -2.28. The summed E-state index contributed by atoms with van der Waals surface area (Å²) >= 11 is 4.34. The third kappa shape index (κ3) is 3.03. The van der Waals surface area contributed by atoms with Gasteiger partial charge in [0.2, 0.25) is 0 Å². The number of benzene rings is 3. The van der Waals surface area contributed by atoms with E-state index in [4.69, 9.17) is 4.74 Å². The van der Waals surface area contributed by atoms with Crippen LogP contribution < -0.4 is 4.74 Å². The van der Waals surface area contributed by atoms with Gasteiger partial charge in [-0.25, -0.2) is 8.78 Å². The van der Waals surface area contributed by atoms with Gasteiger partial charge in [0, 0.05) is 41.5 Å². The van der Waals surface area contributed by atoms with Gasteiger partial charge >= 0.3 is 0 Å². The molecule has 0 amide bonds. The molecule has 0 aliphatic heterocycles. The van der Waals surface area contributed by atoms with Crippen LogP contribution >= 0.6 is 34.4 Å². The molecule has 8 heteroatoms. The first-order valence-corrected chi connectivity index (χ1v) is 16.3. The van der Waals surface area contributed by atoms with E-state index in [1.807, 2.05) is 17.4 Å². The van der Waals surface area contributed by atoms with E-state index in [1.54, 1.807) is 14.0 Å². The molecule has 3 nitrogen and oxygen atoms in total. The lowest BCUT2D eigenvalue weighted by atomic mass is 9.75. The van der Waals surface area contributed by atoms with Gasteiger partial charge in [0.05, 0.1) is 24.4 Å². The summed E-state index contributed by atoms with van der Waals surface area (Å²) in [7, 11) is 1.72. The number of nitrogens with zero attached hydrogens (tertiary/aromatic N) is 2. The van der Waals surface area contributed by atoms with Gasteiger partial charge in [0.1, 0.15) is 16.8 Å². The SMILES string of the molecule is COc1cc2c3c(c(C)cc2c2c1-c1sc(-c4c(F)c(F)c(C)c5nsnc45)cc1C2(C)C)-c1sc(C)cc1C3(C)C. The molecule has 42 heavy (non-hydrogen) atoms. The molecule has 0 N–H and O–H groups in total. The van der Waals surface area contributed by atoms with Gasteiger partial charge in [0.15, 0.2) is 11.6 Å². The van der Waals surface area contributed by atoms with Gasteiger partial charge in [-0.1, -0.05) is 33.8 Å². The van der Waals surface area contributed by atoms with Crippen molar-refractivity contribution in [3.8, 4) is 37.1 Å². The van der Waals surface area contributed by atoms with Crippen LogP contribution in [0.3, 0.4) is 0 Å². The Labute approximate surface area is 255 Å². The first-order valence-electron chi connectivity index (χ1n) is 13.9. The molecular weight excluding hydrogens is 587 g/mol. The highest BCUT2D eigenvalue weighted by Gasteiger charge is 2.45. The molecule has 6 aromatic rings. The van der Waals surface area contributed by atoms with Crippen molar-refractivity contribution in [1.29, 1.82) is 0 Å². The number of aromatic nitrogens is 2. The summed E-state index contributed by atoms with van der Waals surface area (Å²) in [6, 6.07) is 8.94. The molecule has 0 radical (unpaired) electrons. The highest BCUT2D eigenvalue weighted by Crippen LogP contribution is 2.62. The molecule has 2 aliphatic rings. The van der Waals surface area contributed by atoms with E-state index in [9.17, 15) is 0 Å². The maximum atomic E-state index is 15.6. The third-order valence-corrected chi connectivity index (χ3v) is 12.3. The summed E-state index contributed by atoms with van der Waals surface area (Å²) in [6.07, 6.45) is 0. The van der Waals surface area contributed by atoms with Crippen LogP contribution in [0.4, 0.5) is 8.78 Å². The number of hydrogen-bond acceptors (Lipinski definition) is 6. The van der Waals surface area contributed by atoms with Crippen LogP contribution in [0.2, 0.25) is 0 Å². The molecule has 3 heterocycles. The first-order chi connectivity index (χ1) is 19.9. The van der Waals surface area contributed by atoms with E-state index in [1.165, 1.54) is 59.7 Å². The number of thiophene rings is 2. The number of fused-ring (bicyclic) bond motifs is 10. The van der Waals surface area contributed by atoms with Crippen molar-refractivity contribution in [2.24, 2.45) is 0 Å². The van der Waals surface area contributed by atoms with Crippen molar-refractivity contribution in [3.63, 3.8) is 0 Å². The van der Waals surface area contributed by atoms with Gasteiger partial charge in [0.25, 0.3) is 0 Å². The molecule has 0 saturated carbocycles. The predicted molar refractivity (Wildman–Crippen MR) is 172 cm³/mol. The zero-order valence-electron chi connectivity index (χ0n) is 24.6. The molecule has 0 spiro atoms. The Morgan fingerprint density at radius 3 is 2.05 bits per heavy atom. The van der Waals surface area contributed by atoms with E-state index < -0.39 is 17.0 Å². The fourth-order valence-corrected chi connectivity index (χ4v) is 10.8. The summed E-state index contributed by atoms with van der Waals surface area (Å²) < 4.78 is 45.4. The molecule has 0 unspecified atom stereocenters. The summed E-state index contributed by atoms with van der Waals surface area (Å²) in [5.74, 6) is -0.924. The van der Waals surface area contributed by atoms with Gasteiger partial charge in [-0.05, 0) is 83.1 Å². The molecule has 2 aliphatic carbocycles. The van der Waals surface area contributed by atoms with Crippen LogP contribution in [-0.2, 0) is 10.8 Å². The summed E-state index contributed by atoms with van der Waals surface area (Å²) in [4.78, 5) is 4.40. The van der Waals surface area contributed by atoms with E-state index in [0.717, 1.165) is 33.5 Å². The van der Waals surface area contributed by atoms with Crippen molar-refractivity contribution in [2.75, 3.05) is 7.11 Å². The number of rotatable bonds is 2. The largest absolute Gasteiger partial charge is 0.496 e. The number of hydrogen-bond donors (Lipinski definition) is 0. The van der Waals surface area contributed by atoms with Crippen molar-refractivity contribution >= 4 is 56.2 Å². The van der Waals surface area contributed by atoms with E-state index >= 15 is 8.78 Å². The van der Waals surface area contributed by atoms with Gasteiger partial charge < -0.3 is 4.74 Å². The average Bonchev–Trinajstić information content (AvgIpc) is 3.73. The van der Waals surface area contributed by atoms with E-state index in [-0.39, 0.29) is 16.5 Å². The second-order valence-electron chi connectivity index (χ2n) is 12.7. The predicted octanol–water partition coefficient (Wildman–Crippen LogP) is 10.5. The van der Waals surface area contributed by atoms with E-state index in [2.05, 4.69) is 68.5 Å². The lowest BCUT2D eigenvalue weighted by molar-refractivity contribution is 0.416. The Bertz CT molecular complexity index is 2200. The van der Waals surface area contributed by atoms with E-state index in [0.29, 0.717) is 15.9 Å². The smallest absolute Gasteiger partial charge is 0.170 e. The molecule has 8 rings (SSSR count). The molecule has 0 atom stereocenters. The molecule has 0 saturated heterocycles. The lowest BCUT2D eigenvalue weighted by Crippen LogP contribution is -2.18. The topological polar surface area (TPSA) is 35.0 Å². The fraction of sp³-hybridized carbons (Fsp3) is 0.294. The van der Waals surface area contributed by atoms with Gasteiger partial charge in [-0.2, -0.15) is 8.75 Å². The van der Waals surface area contributed by atoms with Gasteiger partial charge in [-0.15, -0.1) is 22.7 Å². The fourth-order valence-electron chi connectivity index (χ4n) is 7.53. The number of ether oxygens (including phenoxy) is 1. The quantitative estimate of drug-likeness (QED) is 0.195. The second kappa shape index (κ2) is 8.24. The first kappa shape index (κ1) is 26.4. The molecular formula is C34H28F2N2OS3. The minimum Gasteiger partial charge on any atom is -0.496 e. The molecule has 3 aromatic heterocycles. The van der Waals surface area contributed by atoms with Crippen LogP contribution in [-0.4, -0.2) is 15.9 Å². The monoisotopic (exact) mass is 614 g/mol. The highest BCUT2D eigenvalue weighted by molar-refractivity contribution is 7.19. The number of halogens is 2. The Kier molecular flexibility index (Phi) is 5.19. The maximum absolute atomic E-state index is 15.6. The zero-order chi connectivity index (χ0) is 29.6. The maximum Gasteiger partial charge on any atom is 0.170 e. The summed E-state index contributed by atoms with van der Waals surface area (Å²) in [5.41, 5.74) is 9.44. The van der Waals surface area contributed by atoms with Crippen molar-refractivity contribution in [3.05, 3.63) is 74.2 Å². The highest BCUT2D eigenvalue weighted by atomic mass is 32.1. The van der Waals surface area contributed by atoms with Crippen molar-refractivity contribution in [2.45, 2.75) is 59.3 Å².